The molecule has 0 fully saturated rings. The first-order chi connectivity index (χ1) is 7.54. The second-order valence-electron chi connectivity index (χ2n) is 4.30. The number of benzene rings is 1. The van der Waals surface area contributed by atoms with Gasteiger partial charge in [-0.2, -0.15) is 0 Å². The number of nitrogens with two attached hydrogens (primary N) is 1. The summed E-state index contributed by atoms with van der Waals surface area (Å²) >= 11 is 0. The van der Waals surface area contributed by atoms with Crippen LogP contribution in [-0.2, 0) is 0 Å². The third-order valence-corrected chi connectivity index (χ3v) is 2.70. The van der Waals surface area contributed by atoms with Crippen LogP contribution in [0.1, 0.15) is 38.8 Å². The lowest BCUT2D eigenvalue weighted by atomic mass is 10.1. The van der Waals surface area contributed by atoms with E-state index in [1.54, 1.807) is 12.1 Å². The largest absolute Gasteiger partial charge is 0.490 e. The SMILES string of the molecule is CCC(C)COc1ccc([C@H](C)N)cc1F. The van der Waals surface area contributed by atoms with Gasteiger partial charge in [-0.1, -0.05) is 26.3 Å². The molecule has 2 nitrogen and oxygen atoms in total. The Morgan fingerprint density at radius 1 is 1.38 bits per heavy atom. The Balaban J connectivity index is 2.68. The summed E-state index contributed by atoms with van der Waals surface area (Å²) < 4.78 is 19.0. The molecule has 0 heterocycles. The molecular weight excluding hydrogens is 205 g/mol. The van der Waals surface area contributed by atoms with Gasteiger partial charge >= 0.3 is 0 Å². The first-order valence-electron chi connectivity index (χ1n) is 5.72. The Kier molecular flexibility index (Phi) is 4.74. The number of halogens is 1. The first-order valence-corrected chi connectivity index (χ1v) is 5.72. The van der Waals surface area contributed by atoms with Crippen LogP contribution in [-0.4, -0.2) is 6.61 Å². The van der Waals surface area contributed by atoms with Crippen LogP contribution in [0.2, 0.25) is 0 Å². The third-order valence-electron chi connectivity index (χ3n) is 2.70. The van der Waals surface area contributed by atoms with Gasteiger partial charge in [0.05, 0.1) is 6.61 Å². The van der Waals surface area contributed by atoms with E-state index in [-0.39, 0.29) is 11.9 Å². The lowest BCUT2D eigenvalue weighted by Gasteiger charge is -2.13. The first kappa shape index (κ1) is 13.0. The molecule has 0 saturated heterocycles. The predicted molar refractivity (Wildman–Crippen MR) is 64.0 cm³/mol. The molecule has 1 unspecified atom stereocenters. The van der Waals surface area contributed by atoms with Crippen molar-refractivity contribution in [3.05, 3.63) is 29.6 Å². The van der Waals surface area contributed by atoms with Crippen LogP contribution in [0, 0.1) is 11.7 Å². The van der Waals surface area contributed by atoms with Crippen molar-refractivity contribution < 1.29 is 9.13 Å². The fraction of sp³-hybridized carbons (Fsp3) is 0.538. The summed E-state index contributed by atoms with van der Waals surface area (Å²) in [7, 11) is 0. The Morgan fingerprint density at radius 3 is 2.56 bits per heavy atom. The van der Waals surface area contributed by atoms with Crippen LogP contribution in [0.4, 0.5) is 4.39 Å². The van der Waals surface area contributed by atoms with Crippen molar-refractivity contribution in [1.82, 2.24) is 0 Å². The number of hydrogen-bond acceptors (Lipinski definition) is 2. The average molecular weight is 225 g/mol. The van der Waals surface area contributed by atoms with Gasteiger partial charge in [0.25, 0.3) is 0 Å². The Bertz CT molecular complexity index is 339. The van der Waals surface area contributed by atoms with Crippen LogP contribution in [0.25, 0.3) is 0 Å². The fourth-order valence-corrected chi connectivity index (χ4v) is 1.27. The topological polar surface area (TPSA) is 35.2 Å². The highest BCUT2D eigenvalue weighted by molar-refractivity contribution is 5.30. The van der Waals surface area contributed by atoms with E-state index in [4.69, 9.17) is 10.5 Å². The second-order valence-corrected chi connectivity index (χ2v) is 4.30. The predicted octanol–water partition coefficient (Wildman–Crippen LogP) is 3.27. The maximum Gasteiger partial charge on any atom is 0.165 e. The summed E-state index contributed by atoms with van der Waals surface area (Å²) in [5, 5.41) is 0. The molecule has 0 aliphatic rings. The van der Waals surface area contributed by atoms with Gasteiger partial charge in [-0.15, -0.1) is 0 Å². The molecule has 16 heavy (non-hydrogen) atoms. The molecule has 0 amide bonds. The molecule has 1 aromatic rings. The summed E-state index contributed by atoms with van der Waals surface area (Å²) in [6.07, 6.45) is 1.03. The normalized spacial score (nSPS) is 14.6. The van der Waals surface area contributed by atoms with Crippen molar-refractivity contribution in [1.29, 1.82) is 0 Å². The average Bonchev–Trinajstić information content (AvgIpc) is 2.26. The molecule has 2 N–H and O–H groups in total. The molecule has 90 valence electrons. The lowest BCUT2D eigenvalue weighted by molar-refractivity contribution is 0.246. The highest BCUT2D eigenvalue weighted by atomic mass is 19.1. The maximum atomic E-state index is 13.6. The van der Waals surface area contributed by atoms with Crippen molar-refractivity contribution in [2.24, 2.45) is 11.7 Å². The third kappa shape index (κ3) is 3.49. The van der Waals surface area contributed by atoms with Gasteiger partial charge in [0.1, 0.15) is 0 Å². The highest BCUT2D eigenvalue weighted by Crippen LogP contribution is 2.21. The lowest BCUT2D eigenvalue weighted by Crippen LogP contribution is -2.09. The zero-order valence-electron chi connectivity index (χ0n) is 10.2. The summed E-state index contributed by atoms with van der Waals surface area (Å²) in [6.45, 7) is 6.54. The van der Waals surface area contributed by atoms with E-state index in [2.05, 4.69) is 13.8 Å². The van der Waals surface area contributed by atoms with Gasteiger partial charge < -0.3 is 10.5 Å². The van der Waals surface area contributed by atoms with Crippen LogP contribution < -0.4 is 10.5 Å². The second kappa shape index (κ2) is 5.85. The molecule has 1 aromatic carbocycles. The van der Waals surface area contributed by atoms with Gasteiger partial charge in [0, 0.05) is 6.04 Å². The van der Waals surface area contributed by atoms with Gasteiger partial charge in [-0.05, 0) is 30.5 Å². The van der Waals surface area contributed by atoms with Gasteiger partial charge in [-0.25, -0.2) is 4.39 Å². The molecule has 1 rings (SSSR count). The Hall–Kier alpha value is -1.09. The summed E-state index contributed by atoms with van der Waals surface area (Å²) in [5.41, 5.74) is 6.45. The van der Waals surface area contributed by atoms with E-state index >= 15 is 0 Å². The fourth-order valence-electron chi connectivity index (χ4n) is 1.27. The Labute approximate surface area is 96.6 Å². The van der Waals surface area contributed by atoms with E-state index in [0.717, 1.165) is 12.0 Å². The standard InChI is InChI=1S/C13H20FNO/c1-4-9(2)8-16-13-6-5-11(10(3)15)7-12(13)14/h5-7,9-10H,4,8,15H2,1-3H3/t9?,10-/m0/s1. The molecular formula is C13H20FNO. The van der Waals surface area contributed by atoms with Crippen LogP contribution in [0.15, 0.2) is 18.2 Å². The molecule has 0 radical (unpaired) electrons. The number of ether oxygens (including phenoxy) is 1. The molecule has 0 saturated carbocycles. The molecule has 3 heteroatoms. The van der Waals surface area contributed by atoms with Crippen molar-refractivity contribution in [3.63, 3.8) is 0 Å². The van der Waals surface area contributed by atoms with E-state index in [1.807, 2.05) is 6.92 Å². The van der Waals surface area contributed by atoms with Crippen molar-refractivity contribution >= 4 is 0 Å². The molecule has 0 aliphatic heterocycles. The maximum absolute atomic E-state index is 13.6. The minimum atomic E-state index is -0.335. The van der Waals surface area contributed by atoms with E-state index in [1.165, 1.54) is 6.07 Å². The molecule has 0 bridgehead atoms. The van der Waals surface area contributed by atoms with Crippen LogP contribution >= 0.6 is 0 Å². The minimum absolute atomic E-state index is 0.155. The number of rotatable bonds is 5. The van der Waals surface area contributed by atoms with E-state index < -0.39 is 0 Å². The van der Waals surface area contributed by atoms with Crippen molar-refractivity contribution in [3.8, 4) is 5.75 Å². The summed E-state index contributed by atoms with van der Waals surface area (Å²) in [5.74, 6) is 0.412. The van der Waals surface area contributed by atoms with Crippen LogP contribution in [0.3, 0.4) is 0 Å². The van der Waals surface area contributed by atoms with Gasteiger partial charge in [0.15, 0.2) is 11.6 Å². The van der Waals surface area contributed by atoms with Crippen molar-refractivity contribution in [2.45, 2.75) is 33.2 Å². The quantitative estimate of drug-likeness (QED) is 0.834. The van der Waals surface area contributed by atoms with Gasteiger partial charge in [-0.3, -0.25) is 0 Å². The Morgan fingerprint density at radius 2 is 2.06 bits per heavy atom. The van der Waals surface area contributed by atoms with Gasteiger partial charge in [0.2, 0.25) is 0 Å². The summed E-state index contributed by atoms with van der Waals surface area (Å²) in [4.78, 5) is 0. The zero-order chi connectivity index (χ0) is 12.1. The molecule has 2 atom stereocenters. The minimum Gasteiger partial charge on any atom is -0.490 e. The summed E-state index contributed by atoms with van der Waals surface area (Å²) in [6, 6.07) is 4.74. The van der Waals surface area contributed by atoms with Crippen molar-refractivity contribution in [2.75, 3.05) is 6.61 Å². The zero-order valence-corrected chi connectivity index (χ0v) is 10.2. The smallest absolute Gasteiger partial charge is 0.165 e. The van der Waals surface area contributed by atoms with E-state index in [0.29, 0.717) is 18.3 Å². The monoisotopic (exact) mass is 225 g/mol. The highest BCUT2D eigenvalue weighted by Gasteiger charge is 2.08. The molecule has 0 aliphatic carbocycles. The van der Waals surface area contributed by atoms with E-state index in [9.17, 15) is 4.39 Å². The van der Waals surface area contributed by atoms with Crippen LogP contribution in [0.5, 0.6) is 5.75 Å². The number of hydrogen-bond donors (Lipinski definition) is 1. The molecule has 0 spiro atoms. The molecule has 0 aromatic heterocycles.